The zero-order valence-electron chi connectivity index (χ0n) is 8.79. The van der Waals surface area contributed by atoms with Gasteiger partial charge < -0.3 is 16.2 Å². The van der Waals surface area contributed by atoms with E-state index in [4.69, 9.17) is 5.73 Å². The van der Waals surface area contributed by atoms with E-state index in [-0.39, 0.29) is 11.7 Å². The minimum Gasteiger partial charge on any atom is -0.508 e. The normalized spacial score (nSPS) is 10.0. The van der Waals surface area contributed by atoms with Crippen molar-refractivity contribution in [2.75, 3.05) is 11.9 Å². The molecule has 0 saturated heterocycles. The third kappa shape index (κ3) is 3.59. The summed E-state index contributed by atoms with van der Waals surface area (Å²) in [5.41, 5.74) is 6.74. The van der Waals surface area contributed by atoms with Crippen LogP contribution in [0.5, 0.6) is 5.75 Å². The molecule has 4 nitrogen and oxygen atoms in total. The summed E-state index contributed by atoms with van der Waals surface area (Å²) in [5, 5.41) is 12.0. The quantitative estimate of drug-likeness (QED) is 0.654. The molecule has 0 atom stereocenters. The van der Waals surface area contributed by atoms with Crippen LogP contribution in [0.15, 0.2) is 18.2 Å². The van der Waals surface area contributed by atoms with E-state index in [1.807, 2.05) is 0 Å². The summed E-state index contributed by atoms with van der Waals surface area (Å²) in [6.07, 6.45) is 1.11. The lowest BCUT2D eigenvalue weighted by Crippen LogP contribution is -2.13. The van der Waals surface area contributed by atoms with Gasteiger partial charge in [-0.2, -0.15) is 0 Å². The third-order valence-electron chi connectivity index (χ3n) is 2.09. The number of nitrogens with two attached hydrogens (primary N) is 1. The van der Waals surface area contributed by atoms with E-state index in [0.29, 0.717) is 25.1 Å². The largest absolute Gasteiger partial charge is 0.508 e. The number of hydrogen-bond donors (Lipinski definition) is 3. The van der Waals surface area contributed by atoms with Gasteiger partial charge in [0.1, 0.15) is 5.75 Å². The number of amides is 1. The Bertz CT molecular complexity index is 350. The summed E-state index contributed by atoms with van der Waals surface area (Å²) in [6, 6.07) is 4.96. The molecular formula is C11H16N2O2. The van der Waals surface area contributed by atoms with Gasteiger partial charge >= 0.3 is 0 Å². The summed E-state index contributed by atoms with van der Waals surface area (Å²) in [4.78, 5) is 11.3. The Morgan fingerprint density at radius 1 is 1.53 bits per heavy atom. The van der Waals surface area contributed by atoms with Crippen LogP contribution in [0.25, 0.3) is 0 Å². The van der Waals surface area contributed by atoms with Crippen LogP contribution in [0.2, 0.25) is 0 Å². The van der Waals surface area contributed by atoms with Crippen LogP contribution >= 0.6 is 0 Å². The van der Waals surface area contributed by atoms with Crippen molar-refractivity contribution >= 4 is 11.6 Å². The van der Waals surface area contributed by atoms with Crippen LogP contribution in [-0.2, 0) is 4.79 Å². The third-order valence-corrected chi connectivity index (χ3v) is 2.09. The van der Waals surface area contributed by atoms with Crippen molar-refractivity contribution in [2.45, 2.75) is 19.8 Å². The summed E-state index contributed by atoms with van der Waals surface area (Å²) in [6.45, 7) is 2.30. The van der Waals surface area contributed by atoms with Crippen LogP contribution in [0, 0.1) is 6.92 Å². The molecule has 1 aromatic carbocycles. The number of phenols is 1. The number of carbonyl (C=O) groups is 1. The van der Waals surface area contributed by atoms with Crippen molar-refractivity contribution in [3.05, 3.63) is 23.8 Å². The van der Waals surface area contributed by atoms with Gasteiger partial charge in [-0.05, 0) is 43.7 Å². The molecule has 0 radical (unpaired) electrons. The molecule has 4 heteroatoms. The molecule has 15 heavy (non-hydrogen) atoms. The monoisotopic (exact) mass is 208 g/mol. The first-order valence-electron chi connectivity index (χ1n) is 4.93. The molecule has 0 aliphatic carbocycles. The molecule has 0 aliphatic rings. The molecule has 0 saturated carbocycles. The van der Waals surface area contributed by atoms with Gasteiger partial charge in [0, 0.05) is 12.1 Å². The van der Waals surface area contributed by atoms with Gasteiger partial charge in [0.25, 0.3) is 0 Å². The van der Waals surface area contributed by atoms with Crippen molar-refractivity contribution in [2.24, 2.45) is 5.73 Å². The number of anilines is 1. The molecule has 1 amide bonds. The van der Waals surface area contributed by atoms with Gasteiger partial charge in [-0.1, -0.05) is 0 Å². The second-order valence-corrected chi connectivity index (χ2v) is 3.44. The Morgan fingerprint density at radius 3 is 2.87 bits per heavy atom. The molecule has 0 fully saturated rings. The van der Waals surface area contributed by atoms with Crippen LogP contribution < -0.4 is 11.1 Å². The minimum atomic E-state index is -0.0504. The zero-order valence-corrected chi connectivity index (χ0v) is 8.79. The first-order chi connectivity index (χ1) is 7.13. The number of rotatable bonds is 4. The predicted octanol–water partition coefficient (Wildman–Crippen LogP) is 1.38. The van der Waals surface area contributed by atoms with E-state index in [1.54, 1.807) is 25.1 Å². The highest BCUT2D eigenvalue weighted by Gasteiger charge is 2.03. The number of carbonyl (C=O) groups excluding carboxylic acids is 1. The molecule has 0 aliphatic heterocycles. The first-order valence-corrected chi connectivity index (χ1v) is 4.93. The molecule has 0 aromatic heterocycles. The smallest absolute Gasteiger partial charge is 0.224 e. The molecule has 0 spiro atoms. The van der Waals surface area contributed by atoms with Crippen molar-refractivity contribution in [1.82, 2.24) is 0 Å². The van der Waals surface area contributed by atoms with Gasteiger partial charge in [0.05, 0.1) is 0 Å². The Kier molecular flexibility index (Phi) is 4.12. The van der Waals surface area contributed by atoms with Crippen molar-refractivity contribution in [3.8, 4) is 5.75 Å². The van der Waals surface area contributed by atoms with Gasteiger partial charge in [0.2, 0.25) is 5.91 Å². The number of aryl methyl sites for hydroxylation is 1. The van der Waals surface area contributed by atoms with E-state index >= 15 is 0 Å². The summed E-state index contributed by atoms with van der Waals surface area (Å²) in [5.74, 6) is 0.181. The first kappa shape index (κ1) is 11.5. The highest BCUT2D eigenvalue weighted by atomic mass is 16.3. The van der Waals surface area contributed by atoms with Gasteiger partial charge in [-0.3, -0.25) is 4.79 Å². The lowest BCUT2D eigenvalue weighted by atomic mass is 10.2. The highest BCUT2D eigenvalue weighted by Crippen LogP contribution is 2.20. The highest BCUT2D eigenvalue weighted by molar-refractivity contribution is 5.90. The van der Waals surface area contributed by atoms with Gasteiger partial charge in [0.15, 0.2) is 0 Å². The SMILES string of the molecule is Cc1cc(NC(=O)CCCN)ccc1O. The van der Waals surface area contributed by atoms with E-state index in [0.717, 1.165) is 5.56 Å². The lowest BCUT2D eigenvalue weighted by molar-refractivity contribution is -0.116. The molecular weight excluding hydrogens is 192 g/mol. The number of phenolic OH excluding ortho intramolecular Hbond substituents is 1. The molecule has 1 aromatic rings. The van der Waals surface area contributed by atoms with Crippen LogP contribution in [0.1, 0.15) is 18.4 Å². The number of nitrogens with one attached hydrogen (secondary N) is 1. The number of aromatic hydroxyl groups is 1. The Labute approximate surface area is 89.1 Å². The molecule has 0 heterocycles. The van der Waals surface area contributed by atoms with Crippen molar-refractivity contribution in [3.63, 3.8) is 0 Å². The van der Waals surface area contributed by atoms with Gasteiger partial charge in [-0.25, -0.2) is 0 Å². The van der Waals surface area contributed by atoms with Gasteiger partial charge in [-0.15, -0.1) is 0 Å². The second-order valence-electron chi connectivity index (χ2n) is 3.44. The molecule has 1 rings (SSSR count). The molecule has 0 bridgehead atoms. The fraction of sp³-hybridized carbons (Fsp3) is 0.364. The number of benzene rings is 1. The summed E-state index contributed by atoms with van der Waals surface area (Å²) < 4.78 is 0. The second kappa shape index (κ2) is 5.36. The standard InChI is InChI=1S/C11H16N2O2/c1-8-7-9(4-5-10(8)14)13-11(15)3-2-6-12/h4-5,7,14H,2-3,6,12H2,1H3,(H,13,15). The Hall–Kier alpha value is -1.55. The average molecular weight is 208 g/mol. The zero-order chi connectivity index (χ0) is 11.3. The molecule has 4 N–H and O–H groups in total. The number of hydrogen-bond acceptors (Lipinski definition) is 3. The van der Waals surface area contributed by atoms with Crippen molar-refractivity contribution < 1.29 is 9.90 Å². The van der Waals surface area contributed by atoms with Crippen LogP contribution in [0.3, 0.4) is 0 Å². The van der Waals surface area contributed by atoms with E-state index in [1.165, 1.54) is 0 Å². The fourth-order valence-electron chi connectivity index (χ4n) is 1.22. The maximum atomic E-state index is 11.3. The maximum absolute atomic E-state index is 11.3. The maximum Gasteiger partial charge on any atom is 0.224 e. The van der Waals surface area contributed by atoms with E-state index in [2.05, 4.69) is 5.32 Å². The van der Waals surface area contributed by atoms with Crippen molar-refractivity contribution in [1.29, 1.82) is 0 Å². The average Bonchev–Trinajstić information content (AvgIpc) is 2.20. The molecule has 82 valence electrons. The predicted molar refractivity (Wildman–Crippen MR) is 59.8 cm³/mol. The fourth-order valence-corrected chi connectivity index (χ4v) is 1.22. The molecule has 0 unspecified atom stereocenters. The lowest BCUT2D eigenvalue weighted by Gasteiger charge is -2.06. The van der Waals surface area contributed by atoms with E-state index in [9.17, 15) is 9.90 Å². The Morgan fingerprint density at radius 2 is 2.27 bits per heavy atom. The van der Waals surface area contributed by atoms with Crippen LogP contribution in [0.4, 0.5) is 5.69 Å². The minimum absolute atomic E-state index is 0.0504. The Balaban J connectivity index is 2.57. The topological polar surface area (TPSA) is 75.4 Å². The summed E-state index contributed by atoms with van der Waals surface area (Å²) in [7, 11) is 0. The summed E-state index contributed by atoms with van der Waals surface area (Å²) >= 11 is 0. The van der Waals surface area contributed by atoms with Crippen LogP contribution in [-0.4, -0.2) is 17.6 Å². The van der Waals surface area contributed by atoms with E-state index < -0.39 is 0 Å².